The van der Waals surface area contributed by atoms with Gasteiger partial charge in [-0.1, -0.05) is 48.5 Å². The molecule has 0 spiro atoms. The number of anilines is 2. The average molecular weight is 309 g/mol. The van der Waals surface area contributed by atoms with Crippen molar-refractivity contribution in [2.75, 3.05) is 17.2 Å². The van der Waals surface area contributed by atoms with Crippen LogP contribution in [0.1, 0.15) is 0 Å². The van der Waals surface area contributed by atoms with Crippen molar-refractivity contribution in [2.45, 2.75) is 0 Å². The number of hydrogen-bond acceptors (Lipinski definition) is 4. The molecule has 0 radical (unpaired) electrons. The van der Waals surface area contributed by atoms with Crippen LogP contribution >= 0.6 is 11.3 Å². The minimum atomic E-state index is -0.0948. The largest absolute Gasteiger partial charge is 0.352 e. The number of carbonyl (C=O) groups is 1. The van der Waals surface area contributed by atoms with E-state index in [4.69, 9.17) is 0 Å². The molecule has 3 aromatic rings. The Kier molecular flexibility index (Phi) is 4.46. The van der Waals surface area contributed by atoms with E-state index in [0.29, 0.717) is 0 Å². The van der Waals surface area contributed by atoms with Gasteiger partial charge in [-0.15, -0.1) is 11.3 Å². The first-order chi connectivity index (χ1) is 10.8. The Bertz CT molecular complexity index is 741. The third kappa shape index (κ3) is 3.71. The Balaban J connectivity index is 1.56. The molecule has 0 aliphatic carbocycles. The lowest BCUT2D eigenvalue weighted by Crippen LogP contribution is -2.21. The molecule has 1 aromatic heterocycles. The smallest absolute Gasteiger partial charge is 0.243 e. The predicted octanol–water partition coefficient (Wildman–Crippen LogP) is 3.86. The first-order valence-corrected chi connectivity index (χ1v) is 7.79. The maximum Gasteiger partial charge on any atom is 0.243 e. The highest BCUT2D eigenvalue weighted by Crippen LogP contribution is 2.24. The van der Waals surface area contributed by atoms with Crippen molar-refractivity contribution in [1.82, 2.24) is 4.98 Å². The Hall–Kier alpha value is -2.66. The molecule has 2 aromatic carbocycles. The molecular weight excluding hydrogens is 294 g/mol. The molecule has 0 fully saturated rings. The van der Waals surface area contributed by atoms with Crippen LogP contribution in [0.15, 0.2) is 66.0 Å². The quantitative estimate of drug-likeness (QED) is 0.752. The van der Waals surface area contributed by atoms with Gasteiger partial charge in [0.1, 0.15) is 0 Å². The highest BCUT2D eigenvalue weighted by Gasteiger charge is 2.06. The van der Waals surface area contributed by atoms with Crippen LogP contribution in [0.3, 0.4) is 0 Å². The number of thiazole rings is 1. The molecule has 0 saturated carbocycles. The molecule has 0 unspecified atom stereocenters. The summed E-state index contributed by atoms with van der Waals surface area (Å²) >= 11 is 1.49. The number of benzene rings is 2. The Morgan fingerprint density at radius 2 is 1.68 bits per heavy atom. The van der Waals surface area contributed by atoms with E-state index in [1.165, 1.54) is 11.3 Å². The molecule has 3 rings (SSSR count). The molecule has 5 heteroatoms. The Morgan fingerprint density at radius 3 is 2.41 bits per heavy atom. The first kappa shape index (κ1) is 14.3. The molecule has 110 valence electrons. The van der Waals surface area contributed by atoms with Crippen molar-refractivity contribution in [1.29, 1.82) is 0 Å². The van der Waals surface area contributed by atoms with E-state index in [2.05, 4.69) is 15.6 Å². The number of amides is 1. The van der Waals surface area contributed by atoms with E-state index >= 15 is 0 Å². The number of para-hydroxylation sites is 1. The van der Waals surface area contributed by atoms with Crippen LogP contribution in [0, 0.1) is 0 Å². The number of rotatable bonds is 5. The second-order valence-electron chi connectivity index (χ2n) is 4.67. The van der Waals surface area contributed by atoms with Crippen molar-refractivity contribution >= 4 is 28.1 Å². The van der Waals surface area contributed by atoms with Crippen LogP contribution in [0.25, 0.3) is 11.3 Å². The normalized spacial score (nSPS) is 10.2. The lowest BCUT2D eigenvalue weighted by atomic mass is 10.2. The van der Waals surface area contributed by atoms with Crippen molar-refractivity contribution in [3.8, 4) is 11.3 Å². The lowest BCUT2D eigenvalue weighted by molar-refractivity contribution is -0.114. The van der Waals surface area contributed by atoms with Gasteiger partial charge in [0.05, 0.1) is 12.2 Å². The van der Waals surface area contributed by atoms with Crippen LogP contribution in [0.2, 0.25) is 0 Å². The van der Waals surface area contributed by atoms with Gasteiger partial charge in [-0.3, -0.25) is 4.79 Å². The minimum absolute atomic E-state index is 0.0948. The third-order valence-electron chi connectivity index (χ3n) is 3.03. The highest BCUT2D eigenvalue weighted by atomic mass is 32.1. The molecule has 2 N–H and O–H groups in total. The number of aromatic nitrogens is 1. The van der Waals surface area contributed by atoms with Crippen LogP contribution in [-0.2, 0) is 4.79 Å². The second kappa shape index (κ2) is 6.87. The van der Waals surface area contributed by atoms with Gasteiger partial charge in [0.2, 0.25) is 5.91 Å². The standard InChI is InChI=1S/C17H15N3OS/c21-16(19-14-9-5-2-6-10-14)11-18-17-20-15(12-22-17)13-7-3-1-4-8-13/h1-10,12H,11H2,(H,18,20)(H,19,21). The summed E-state index contributed by atoms with van der Waals surface area (Å²) in [6.45, 7) is 0.191. The molecule has 0 atom stereocenters. The van der Waals surface area contributed by atoms with Crippen LogP contribution in [0.5, 0.6) is 0 Å². The zero-order valence-electron chi connectivity index (χ0n) is 11.8. The van der Waals surface area contributed by atoms with Crippen molar-refractivity contribution < 1.29 is 4.79 Å². The maximum atomic E-state index is 11.9. The van der Waals surface area contributed by atoms with Gasteiger partial charge in [0, 0.05) is 16.6 Å². The molecular formula is C17H15N3OS. The fourth-order valence-electron chi connectivity index (χ4n) is 1.98. The van der Waals surface area contributed by atoms with Gasteiger partial charge in [0.25, 0.3) is 0 Å². The van der Waals surface area contributed by atoms with Crippen molar-refractivity contribution in [2.24, 2.45) is 0 Å². The van der Waals surface area contributed by atoms with Crippen LogP contribution in [-0.4, -0.2) is 17.4 Å². The summed E-state index contributed by atoms with van der Waals surface area (Å²) in [5.74, 6) is -0.0948. The maximum absolute atomic E-state index is 11.9. The fourth-order valence-corrected chi connectivity index (χ4v) is 2.70. The van der Waals surface area contributed by atoms with Gasteiger partial charge < -0.3 is 10.6 Å². The SMILES string of the molecule is O=C(CNc1nc(-c2ccccc2)cs1)Nc1ccccc1. The van der Waals surface area contributed by atoms with Crippen molar-refractivity contribution in [3.05, 3.63) is 66.0 Å². The van der Waals surface area contributed by atoms with E-state index < -0.39 is 0 Å². The summed E-state index contributed by atoms with van der Waals surface area (Å²) in [7, 11) is 0. The van der Waals surface area contributed by atoms with Crippen molar-refractivity contribution in [3.63, 3.8) is 0 Å². The summed E-state index contributed by atoms with van der Waals surface area (Å²) in [5.41, 5.74) is 2.77. The van der Waals surface area contributed by atoms with E-state index in [1.807, 2.05) is 66.0 Å². The van der Waals surface area contributed by atoms with Gasteiger partial charge >= 0.3 is 0 Å². The Labute approximate surface area is 132 Å². The molecule has 0 saturated heterocycles. The summed E-state index contributed by atoms with van der Waals surface area (Å²) < 4.78 is 0. The zero-order valence-corrected chi connectivity index (χ0v) is 12.6. The minimum Gasteiger partial charge on any atom is -0.352 e. The summed E-state index contributed by atoms with van der Waals surface area (Å²) in [6, 6.07) is 19.4. The topological polar surface area (TPSA) is 54.0 Å². The first-order valence-electron chi connectivity index (χ1n) is 6.91. The van der Waals surface area contributed by atoms with E-state index in [0.717, 1.165) is 22.1 Å². The summed E-state index contributed by atoms with van der Waals surface area (Å²) in [5, 5.41) is 8.59. The number of carbonyl (C=O) groups excluding carboxylic acids is 1. The average Bonchev–Trinajstić information content (AvgIpc) is 3.04. The zero-order chi connectivity index (χ0) is 15.2. The van der Waals surface area contributed by atoms with E-state index in [1.54, 1.807) is 0 Å². The summed E-state index contributed by atoms with van der Waals surface area (Å²) in [4.78, 5) is 16.4. The third-order valence-corrected chi connectivity index (χ3v) is 3.83. The fraction of sp³-hybridized carbons (Fsp3) is 0.0588. The van der Waals surface area contributed by atoms with Gasteiger partial charge in [-0.05, 0) is 12.1 Å². The molecule has 0 aliphatic heterocycles. The number of nitrogens with zero attached hydrogens (tertiary/aromatic N) is 1. The number of nitrogens with one attached hydrogen (secondary N) is 2. The summed E-state index contributed by atoms with van der Waals surface area (Å²) in [6.07, 6.45) is 0. The van der Waals surface area contributed by atoms with Gasteiger partial charge in [-0.2, -0.15) is 0 Å². The van der Waals surface area contributed by atoms with Gasteiger partial charge in [0.15, 0.2) is 5.13 Å². The number of hydrogen-bond donors (Lipinski definition) is 2. The molecule has 1 heterocycles. The second-order valence-corrected chi connectivity index (χ2v) is 5.53. The van der Waals surface area contributed by atoms with Gasteiger partial charge in [-0.25, -0.2) is 4.98 Å². The molecule has 4 nitrogen and oxygen atoms in total. The molecule has 22 heavy (non-hydrogen) atoms. The van der Waals surface area contributed by atoms with E-state index in [9.17, 15) is 4.79 Å². The molecule has 0 aliphatic rings. The van der Waals surface area contributed by atoms with Crippen LogP contribution < -0.4 is 10.6 Å². The lowest BCUT2D eigenvalue weighted by Gasteiger charge is -2.05. The van der Waals surface area contributed by atoms with Crippen LogP contribution in [0.4, 0.5) is 10.8 Å². The monoisotopic (exact) mass is 309 g/mol. The molecule has 1 amide bonds. The molecule has 0 bridgehead atoms. The van der Waals surface area contributed by atoms with E-state index in [-0.39, 0.29) is 12.5 Å². The predicted molar refractivity (Wildman–Crippen MR) is 91.1 cm³/mol. The highest BCUT2D eigenvalue weighted by molar-refractivity contribution is 7.14. The Morgan fingerprint density at radius 1 is 1.00 bits per heavy atom.